The molecule has 0 N–H and O–H groups in total. The molecule has 0 heterocycles. The standard InChI is InChI=1S/C51H59BrF3NO4/c1-6-21-57-47-37-13-11-15-39(47)28-41-25-36(34-56(10-5)33-35-17-19-45(20-18-35)51(53,54)55)26-42(49(41)59-23-8-3)30-44-32-46(52)31-43(50(44)60-24-9-4)29-40-16-12-14-38(27-37)48(40)58-22-7-2/h11-20,25-26,31-32H,6-10,21-24,27-30,33-34H2,1-5H3. The number of fused-ring (bicyclic) bond motifs is 8. The van der Waals surface area contributed by atoms with E-state index in [1.165, 1.54) is 12.1 Å². The Kier molecular flexibility index (Phi) is 16.0. The summed E-state index contributed by atoms with van der Waals surface area (Å²) in [6.45, 7) is 14.8. The van der Waals surface area contributed by atoms with Crippen LogP contribution in [0.4, 0.5) is 13.2 Å². The molecule has 5 aromatic rings. The molecule has 0 spiro atoms. The lowest BCUT2D eigenvalue weighted by molar-refractivity contribution is -0.137. The summed E-state index contributed by atoms with van der Waals surface area (Å²) in [6.07, 6.45) is 1.53. The molecule has 5 nitrogen and oxygen atoms in total. The van der Waals surface area contributed by atoms with Gasteiger partial charge in [0.25, 0.3) is 0 Å². The Balaban J connectivity index is 1.55. The monoisotopic (exact) mass is 885 g/mol. The molecule has 0 aromatic heterocycles. The predicted molar refractivity (Wildman–Crippen MR) is 239 cm³/mol. The topological polar surface area (TPSA) is 40.2 Å². The number of para-hydroxylation sites is 2. The Morgan fingerprint density at radius 2 is 0.833 bits per heavy atom. The molecule has 0 saturated heterocycles. The first kappa shape index (κ1) is 45.1. The summed E-state index contributed by atoms with van der Waals surface area (Å²) in [5, 5.41) is 0. The van der Waals surface area contributed by atoms with E-state index in [0.29, 0.717) is 71.7 Å². The molecule has 0 radical (unpaired) electrons. The van der Waals surface area contributed by atoms with E-state index in [1.54, 1.807) is 12.1 Å². The highest BCUT2D eigenvalue weighted by Gasteiger charge is 2.30. The van der Waals surface area contributed by atoms with Gasteiger partial charge >= 0.3 is 6.18 Å². The molecule has 0 unspecified atom stereocenters. The molecule has 8 bridgehead atoms. The summed E-state index contributed by atoms with van der Waals surface area (Å²) in [5.74, 6) is 3.57. The van der Waals surface area contributed by atoms with Crippen LogP contribution < -0.4 is 18.9 Å². The van der Waals surface area contributed by atoms with Gasteiger partial charge in [-0.05, 0) is 101 Å². The first-order valence-corrected chi connectivity index (χ1v) is 22.4. The molecule has 320 valence electrons. The molecule has 0 atom stereocenters. The maximum atomic E-state index is 13.4. The van der Waals surface area contributed by atoms with Gasteiger partial charge in [-0.3, -0.25) is 4.90 Å². The van der Waals surface area contributed by atoms with Crippen LogP contribution in [0.15, 0.2) is 89.4 Å². The Morgan fingerprint density at radius 3 is 1.22 bits per heavy atom. The van der Waals surface area contributed by atoms with Crippen LogP contribution in [0.5, 0.6) is 23.0 Å². The molecule has 5 aromatic carbocycles. The first-order valence-electron chi connectivity index (χ1n) is 21.6. The van der Waals surface area contributed by atoms with Gasteiger partial charge < -0.3 is 18.9 Å². The highest BCUT2D eigenvalue weighted by molar-refractivity contribution is 9.10. The maximum absolute atomic E-state index is 13.4. The second-order valence-corrected chi connectivity index (χ2v) is 16.6. The van der Waals surface area contributed by atoms with Gasteiger partial charge in [-0.2, -0.15) is 13.2 Å². The summed E-state index contributed by atoms with van der Waals surface area (Å²) < 4.78 is 67.9. The number of hydrogen-bond acceptors (Lipinski definition) is 5. The molecule has 60 heavy (non-hydrogen) atoms. The molecular formula is C51H59BrF3NO4. The number of rotatable bonds is 17. The van der Waals surface area contributed by atoms with Crippen molar-refractivity contribution in [2.75, 3.05) is 33.0 Å². The lowest BCUT2D eigenvalue weighted by Crippen LogP contribution is -2.23. The third-order valence-corrected chi connectivity index (χ3v) is 11.2. The quantitative estimate of drug-likeness (QED) is 0.0912. The predicted octanol–water partition coefficient (Wildman–Crippen LogP) is 13.3. The van der Waals surface area contributed by atoms with Crippen molar-refractivity contribution in [1.29, 1.82) is 0 Å². The van der Waals surface area contributed by atoms with E-state index in [4.69, 9.17) is 18.9 Å². The van der Waals surface area contributed by atoms with Crippen LogP contribution in [0.2, 0.25) is 0 Å². The number of nitrogens with zero attached hydrogens (tertiary/aromatic N) is 1. The second-order valence-electron chi connectivity index (χ2n) is 15.7. The van der Waals surface area contributed by atoms with Crippen LogP contribution in [-0.2, 0) is 44.9 Å². The van der Waals surface area contributed by atoms with Crippen molar-refractivity contribution in [2.45, 2.75) is 105 Å². The van der Waals surface area contributed by atoms with Crippen LogP contribution in [0.25, 0.3) is 0 Å². The highest BCUT2D eigenvalue weighted by Crippen LogP contribution is 2.41. The van der Waals surface area contributed by atoms with Gasteiger partial charge in [-0.1, -0.05) is 111 Å². The van der Waals surface area contributed by atoms with Gasteiger partial charge in [0.15, 0.2) is 0 Å². The normalized spacial score (nSPS) is 12.7. The van der Waals surface area contributed by atoms with Gasteiger partial charge in [0.2, 0.25) is 0 Å². The van der Waals surface area contributed by atoms with Gasteiger partial charge in [-0.15, -0.1) is 0 Å². The zero-order valence-electron chi connectivity index (χ0n) is 35.8. The van der Waals surface area contributed by atoms with E-state index in [9.17, 15) is 13.2 Å². The summed E-state index contributed by atoms with van der Waals surface area (Å²) in [5.41, 5.74) is 9.95. The van der Waals surface area contributed by atoms with Crippen molar-refractivity contribution in [3.63, 3.8) is 0 Å². The van der Waals surface area contributed by atoms with Crippen molar-refractivity contribution < 1.29 is 32.1 Å². The Hall–Kier alpha value is -4.47. The molecular weight excluding hydrogens is 827 g/mol. The summed E-state index contributed by atoms with van der Waals surface area (Å²) in [4.78, 5) is 2.26. The van der Waals surface area contributed by atoms with Gasteiger partial charge in [-0.25, -0.2) is 0 Å². The van der Waals surface area contributed by atoms with Crippen LogP contribution in [-0.4, -0.2) is 37.9 Å². The van der Waals surface area contributed by atoms with Crippen LogP contribution in [0.1, 0.15) is 121 Å². The highest BCUT2D eigenvalue weighted by atomic mass is 79.9. The summed E-state index contributed by atoms with van der Waals surface area (Å²) >= 11 is 3.88. The zero-order chi connectivity index (χ0) is 42.6. The number of hydrogen-bond donors (Lipinski definition) is 0. The van der Waals surface area contributed by atoms with E-state index >= 15 is 0 Å². The van der Waals surface area contributed by atoms with E-state index < -0.39 is 11.7 Å². The summed E-state index contributed by atoms with van der Waals surface area (Å²) in [6, 6.07) is 27.3. The van der Waals surface area contributed by atoms with Crippen molar-refractivity contribution in [3.05, 3.63) is 151 Å². The fraction of sp³-hybridized carbons (Fsp3) is 0.412. The third kappa shape index (κ3) is 11.5. The number of alkyl halides is 3. The fourth-order valence-electron chi connectivity index (χ4n) is 7.96. The third-order valence-electron chi connectivity index (χ3n) is 10.7. The molecule has 0 aliphatic heterocycles. The first-order chi connectivity index (χ1) is 29.0. The zero-order valence-corrected chi connectivity index (χ0v) is 37.4. The second kappa shape index (κ2) is 21.4. The van der Waals surface area contributed by atoms with E-state index in [0.717, 1.165) is 109 Å². The molecule has 0 saturated carbocycles. The Bertz CT molecular complexity index is 2190. The smallest absolute Gasteiger partial charge is 0.416 e. The average molecular weight is 887 g/mol. The van der Waals surface area contributed by atoms with Crippen molar-refractivity contribution in [3.8, 4) is 23.0 Å². The fourth-order valence-corrected chi connectivity index (χ4v) is 8.51. The number of ether oxygens (including phenoxy) is 4. The van der Waals surface area contributed by atoms with Crippen LogP contribution in [0.3, 0.4) is 0 Å². The molecule has 0 amide bonds. The lowest BCUT2D eigenvalue weighted by atomic mass is 9.90. The molecule has 6 rings (SSSR count). The average Bonchev–Trinajstić information content (AvgIpc) is 3.22. The number of halogens is 4. The Labute approximate surface area is 363 Å². The van der Waals surface area contributed by atoms with Gasteiger partial charge in [0.1, 0.15) is 23.0 Å². The number of benzene rings is 5. The lowest BCUT2D eigenvalue weighted by Gasteiger charge is -2.25. The minimum absolute atomic E-state index is 0.512. The van der Waals surface area contributed by atoms with Gasteiger partial charge in [0, 0.05) is 54.4 Å². The van der Waals surface area contributed by atoms with E-state index in [1.807, 2.05) is 0 Å². The molecule has 1 aliphatic carbocycles. The van der Waals surface area contributed by atoms with Crippen LogP contribution >= 0.6 is 15.9 Å². The van der Waals surface area contributed by atoms with Gasteiger partial charge in [0.05, 0.1) is 32.0 Å². The maximum Gasteiger partial charge on any atom is 0.416 e. The van der Waals surface area contributed by atoms with Crippen molar-refractivity contribution >= 4 is 15.9 Å². The van der Waals surface area contributed by atoms with Crippen molar-refractivity contribution in [1.82, 2.24) is 4.90 Å². The Morgan fingerprint density at radius 1 is 0.483 bits per heavy atom. The molecule has 0 fully saturated rings. The minimum atomic E-state index is -4.37. The summed E-state index contributed by atoms with van der Waals surface area (Å²) in [7, 11) is 0. The SMILES string of the molecule is CCCOc1c2cccc1Cc1cc(Br)cc(c1OCCC)Cc1cc(CN(CC)Cc3ccc(C(F)(F)F)cc3)cc(c1OCCC)Cc1cccc(c1OCCC)C2. The van der Waals surface area contributed by atoms with Crippen LogP contribution in [0, 0.1) is 0 Å². The molecule has 9 heteroatoms. The minimum Gasteiger partial charge on any atom is -0.493 e. The van der Waals surface area contributed by atoms with E-state index in [2.05, 4.69) is 116 Å². The van der Waals surface area contributed by atoms with Crippen molar-refractivity contribution in [2.24, 2.45) is 0 Å². The van der Waals surface area contributed by atoms with E-state index in [-0.39, 0.29) is 0 Å². The molecule has 1 aliphatic rings. The largest absolute Gasteiger partial charge is 0.493 e.